The Kier molecular flexibility index (Phi) is 5.28. The number of allylic oxidation sites excluding steroid dienone is 2. The van der Waals surface area contributed by atoms with Crippen molar-refractivity contribution in [3.05, 3.63) is 72.2 Å². The summed E-state index contributed by atoms with van der Waals surface area (Å²) in [6.45, 7) is 6.99. The van der Waals surface area contributed by atoms with Crippen molar-refractivity contribution in [3.8, 4) is 0 Å². The Morgan fingerprint density at radius 2 is 1.91 bits per heavy atom. The molecule has 4 rings (SSSR count). The topological polar surface area (TPSA) is 91.2 Å². The van der Waals surface area contributed by atoms with Crippen molar-refractivity contribution in [1.29, 1.82) is 0 Å². The number of para-hydroxylation sites is 1. The quantitative estimate of drug-likeness (QED) is 0.576. The van der Waals surface area contributed by atoms with Gasteiger partial charge in [-0.1, -0.05) is 30.3 Å². The fourth-order valence-electron chi connectivity index (χ4n) is 3.96. The first-order valence-electron chi connectivity index (χ1n) is 10.5. The normalized spacial score (nSPS) is 21.2. The van der Waals surface area contributed by atoms with Crippen LogP contribution >= 0.6 is 0 Å². The summed E-state index contributed by atoms with van der Waals surface area (Å²) in [5, 5.41) is 5.18. The van der Waals surface area contributed by atoms with E-state index in [2.05, 4.69) is 10.1 Å². The first kappa shape index (κ1) is 21.6. The van der Waals surface area contributed by atoms with E-state index in [1.807, 2.05) is 18.2 Å². The van der Waals surface area contributed by atoms with Crippen molar-refractivity contribution < 1.29 is 19.1 Å². The number of nitrogens with zero attached hydrogens (tertiary/aromatic N) is 3. The van der Waals surface area contributed by atoms with Crippen LogP contribution in [0.15, 0.2) is 60.9 Å². The molecule has 0 bridgehead atoms. The van der Waals surface area contributed by atoms with E-state index in [9.17, 15) is 14.4 Å². The molecule has 0 spiro atoms. The Morgan fingerprint density at radius 3 is 2.59 bits per heavy atom. The van der Waals surface area contributed by atoms with Gasteiger partial charge in [0.05, 0.1) is 22.5 Å². The van der Waals surface area contributed by atoms with E-state index in [4.69, 9.17) is 4.74 Å². The summed E-state index contributed by atoms with van der Waals surface area (Å²) < 4.78 is 6.69. The van der Waals surface area contributed by atoms with E-state index in [0.29, 0.717) is 16.6 Å². The van der Waals surface area contributed by atoms with Gasteiger partial charge in [-0.15, -0.1) is 0 Å². The Balaban J connectivity index is 1.74. The van der Waals surface area contributed by atoms with Gasteiger partial charge in [0, 0.05) is 24.2 Å². The molecule has 1 aliphatic rings. The third-order valence-electron chi connectivity index (χ3n) is 5.60. The lowest BCUT2D eigenvalue weighted by atomic mass is 9.68. The molecule has 2 aromatic heterocycles. The molecule has 0 saturated carbocycles. The molecule has 0 fully saturated rings. The van der Waals surface area contributed by atoms with Crippen LogP contribution < -0.4 is 0 Å². The zero-order valence-electron chi connectivity index (χ0n) is 18.5. The van der Waals surface area contributed by atoms with E-state index in [1.54, 1.807) is 64.4 Å². The van der Waals surface area contributed by atoms with Crippen molar-refractivity contribution in [1.82, 2.24) is 14.8 Å². The van der Waals surface area contributed by atoms with Crippen LogP contribution in [-0.2, 0) is 20.7 Å². The van der Waals surface area contributed by atoms with Gasteiger partial charge in [-0.25, -0.2) is 4.79 Å². The maximum absolute atomic E-state index is 13.5. The number of aromatic nitrogens is 3. The van der Waals surface area contributed by atoms with Gasteiger partial charge in [0.25, 0.3) is 0 Å². The second kappa shape index (κ2) is 7.82. The number of carbonyl (C=O) groups excluding carboxylic acids is 3. The Hall–Kier alpha value is -3.61. The molecule has 2 heterocycles. The van der Waals surface area contributed by atoms with E-state index < -0.39 is 23.0 Å². The van der Waals surface area contributed by atoms with Crippen LogP contribution in [-0.4, -0.2) is 38.0 Å². The number of ketones is 2. The summed E-state index contributed by atoms with van der Waals surface area (Å²) >= 11 is 0. The molecule has 0 N–H and O–H groups in total. The van der Waals surface area contributed by atoms with E-state index in [0.717, 1.165) is 5.56 Å². The van der Waals surface area contributed by atoms with Gasteiger partial charge >= 0.3 is 6.09 Å². The van der Waals surface area contributed by atoms with Gasteiger partial charge < -0.3 is 4.74 Å². The number of hydrogen-bond acceptors (Lipinski definition) is 6. The molecule has 7 nitrogen and oxygen atoms in total. The second-order valence-electron chi connectivity index (χ2n) is 9.22. The zero-order chi connectivity index (χ0) is 23.1. The lowest BCUT2D eigenvalue weighted by molar-refractivity contribution is -0.138. The second-order valence-corrected chi connectivity index (χ2v) is 9.22. The number of carbonyl (C=O) groups is 3. The van der Waals surface area contributed by atoms with E-state index in [-0.39, 0.29) is 18.0 Å². The van der Waals surface area contributed by atoms with Crippen LogP contribution in [0.25, 0.3) is 10.9 Å². The summed E-state index contributed by atoms with van der Waals surface area (Å²) in [5.74, 6) is -1.06. The number of fused-ring (bicyclic) bond motifs is 1. The number of benzene rings is 1. The highest BCUT2D eigenvalue weighted by atomic mass is 16.6. The zero-order valence-corrected chi connectivity index (χ0v) is 18.5. The SMILES string of the molecule is CC(C)(C)OC(=O)n1nc(CC2(C)C(=O)C=CC(c3cccnc3)C2=O)c2ccccc21. The lowest BCUT2D eigenvalue weighted by Gasteiger charge is -2.31. The molecule has 32 heavy (non-hydrogen) atoms. The van der Waals surface area contributed by atoms with Crippen LogP contribution in [0.2, 0.25) is 0 Å². The highest BCUT2D eigenvalue weighted by molar-refractivity contribution is 6.17. The lowest BCUT2D eigenvalue weighted by Crippen LogP contribution is -2.43. The molecule has 2 unspecified atom stereocenters. The average molecular weight is 431 g/mol. The van der Waals surface area contributed by atoms with Gasteiger partial charge in [-0.3, -0.25) is 14.6 Å². The molecule has 0 aliphatic heterocycles. The summed E-state index contributed by atoms with van der Waals surface area (Å²) in [5.41, 5.74) is -0.207. The van der Waals surface area contributed by atoms with Gasteiger partial charge in [-0.2, -0.15) is 9.78 Å². The summed E-state index contributed by atoms with van der Waals surface area (Å²) in [7, 11) is 0. The number of pyridine rings is 1. The van der Waals surface area contributed by atoms with Crippen LogP contribution in [0.4, 0.5) is 4.79 Å². The number of rotatable bonds is 3. The summed E-state index contributed by atoms with van der Waals surface area (Å²) in [4.78, 5) is 43.3. The molecule has 2 atom stereocenters. The molecular weight excluding hydrogens is 406 g/mol. The molecule has 1 aliphatic carbocycles. The average Bonchev–Trinajstić information content (AvgIpc) is 3.11. The van der Waals surface area contributed by atoms with Gasteiger partial charge in [0.15, 0.2) is 11.6 Å². The smallest absolute Gasteiger partial charge is 0.435 e. The minimum absolute atomic E-state index is 0.0715. The van der Waals surface area contributed by atoms with Crippen molar-refractivity contribution in [3.63, 3.8) is 0 Å². The minimum atomic E-state index is -1.31. The van der Waals surface area contributed by atoms with Crippen LogP contribution in [0.3, 0.4) is 0 Å². The van der Waals surface area contributed by atoms with Gasteiger partial charge in [0.1, 0.15) is 5.60 Å². The van der Waals surface area contributed by atoms with Gasteiger partial charge in [0.2, 0.25) is 0 Å². The van der Waals surface area contributed by atoms with Crippen molar-refractivity contribution >= 4 is 28.6 Å². The van der Waals surface area contributed by atoms with Crippen LogP contribution in [0, 0.1) is 5.41 Å². The standard InChI is InChI=1S/C25H25N3O4/c1-24(2,3)32-23(31)28-20-10-6-5-9-18(20)19(27-28)14-25(4)21(29)12-11-17(22(25)30)16-8-7-13-26-15-16/h5-13,15,17H,14H2,1-4H3. The van der Waals surface area contributed by atoms with Crippen molar-refractivity contribution in [2.75, 3.05) is 0 Å². The highest BCUT2D eigenvalue weighted by Crippen LogP contribution is 2.38. The maximum atomic E-state index is 13.5. The highest BCUT2D eigenvalue weighted by Gasteiger charge is 2.46. The van der Waals surface area contributed by atoms with E-state index >= 15 is 0 Å². The maximum Gasteiger partial charge on any atom is 0.435 e. The monoisotopic (exact) mass is 431 g/mol. The predicted octanol–water partition coefficient (Wildman–Crippen LogP) is 4.26. The third-order valence-corrected chi connectivity index (χ3v) is 5.60. The molecule has 7 heteroatoms. The Labute approximate surface area is 186 Å². The summed E-state index contributed by atoms with van der Waals surface area (Å²) in [6.07, 6.45) is 5.82. The molecule has 0 radical (unpaired) electrons. The van der Waals surface area contributed by atoms with Crippen molar-refractivity contribution in [2.24, 2.45) is 5.41 Å². The minimum Gasteiger partial charge on any atom is -0.442 e. The number of Topliss-reactive ketones (excluding diaryl/α,β-unsaturated/α-hetero) is 1. The molecule has 0 amide bonds. The third kappa shape index (κ3) is 3.86. The van der Waals surface area contributed by atoms with Crippen LogP contribution in [0.1, 0.15) is 44.9 Å². The van der Waals surface area contributed by atoms with Crippen molar-refractivity contribution in [2.45, 2.75) is 45.6 Å². The Morgan fingerprint density at radius 1 is 1.16 bits per heavy atom. The van der Waals surface area contributed by atoms with E-state index in [1.165, 1.54) is 10.8 Å². The largest absolute Gasteiger partial charge is 0.442 e. The van der Waals surface area contributed by atoms with Crippen LogP contribution in [0.5, 0.6) is 0 Å². The fourth-order valence-corrected chi connectivity index (χ4v) is 3.96. The molecular formula is C25H25N3O4. The molecule has 0 saturated heterocycles. The fraction of sp³-hybridized carbons (Fsp3) is 0.320. The summed E-state index contributed by atoms with van der Waals surface area (Å²) in [6, 6.07) is 10.8. The predicted molar refractivity (Wildman–Crippen MR) is 119 cm³/mol. The number of hydrogen-bond donors (Lipinski definition) is 0. The molecule has 1 aromatic carbocycles. The first-order valence-corrected chi connectivity index (χ1v) is 10.5. The Bertz CT molecular complexity index is 1240. The number of ether oxygens (including phenoxy) is 1. The first-order chi connectivity index (χ1) is 15.1. The molecule has 3 aromatic rings. The molecule has 164 valence electrons. The van der Waals surface area contributed by atoms with Gasteiger partial charge in [-0.05, 0) is 51.5 Å².